The molecule has 0 aliphatic carbocycles. The molecule has 1 unspecified atom stereocenters. The number of hydrogen-bond donors (Lipinski definition) is 0. The van der Waals surface area contributed by atoms with Crippen LogP contribution < -0.4 is 0 Å². The van der Waals surface area contributed by atoms with Crippen LogP contribution in [0.3, 0.4) is 0 Å². The summed E-state index contributed by atoms with van der Waals surface area (Å²) in [7, 11) is -2.08. The van der Waals surface area contributed by atoms with Gasteiger partial charge in [-0.25, -0.2) is 0 Å². The zero-order valence-corrected chi connectivity index (χ0v) is 11.7. The Balaban J connectivity index is 3.73. The average molecular weight is 230 g/mol. The third-order valence-electron chi connectivity index (χ3n) is 2.23. The first-order valence-corrected chi connectivity index (χ1v) is 8.39. The van der Waals surface area contributed by atoms with Crippen molar-refractivity contribution in [3.63, 3.8) is 0 Å². The minimum atomic E-state index is -2.08. The fourth-order valence-electron chi connectivity index (χ4n) is 1.41. The highest BCUT2D eigenvalue weighted by Gasteiger charge is 2.28. The molecule has 1 atom stereocenters. The smallest absolute Gasteiger partial charge is 0.361 e. The lowest BCUT2D eigenvalue weighted by Crippen LogP contribution is -2.39. The molecule has 0 radical (unpaired) electrons. The largest absolute Gasteiger partial charge is 0.391 e. The molecule has 0 N–H and O–H groups in total. The molecule has 2 nitrogen and oxygen atoms in total. The van der Waals surface area contributed by atoms with Crippen molar-refractivity contribution in [2.24, 2.45) is 0 Å². The van der Waals surface area contributed by atoms with Crippen molar-refractivity contribution in [2.75, 3.05) is 6.61 Å². The van der Waals surface area contributed by atoms with E-state index in [1.807, 2.05) is 19.5 Å². The Labute approximate surface area is 95.9 Å². The maximum atomic E-state index is 5.83. The first-order valence-electron chi connectivity index (χ1n) is 5.99. The third-order valence-corrected chi connectivity index (χ3v) is 4.69. The quantitative estimate of drug-likeness (QED) is 0.443. The summed E-state index contributed by atoms with van der Waals surface area (Å²) in [6.07, 6.45) is 5.15. The average Bonchev–Trinajstić information content (AvgIpc) is 2.16. The van der Waals surface area contributed by atoms with Crippen LogP contribution in [-0.2, 0) is 8.85 Å². The first-order chi connectivity index (χ1) is 7.04. The fraction of sp³-hybridized carbons (Fsp3) is 0.833. The van der Waals surface area contributed by atoms with Gasteiger partial charge in [0.1, 0.15) is 0 Å². The summed E-state index contributed by atoms with van der Waals surface area (Å²) < 4.78 is 11.6. The Morgan fingerprint density at radius 2 is 1.93 bits per heavy atom. The van der Waals surface area contributed by atoms with Crippen molar-refractivity contribution in [1.29, 1.82) is 0 Å². The summed E-state index contributed by atoms with van der Waals surface area (Å²) in [5, 5.41) is 0. The molecule has 15 heavy (non-hydrogen) atoms. The zero-order chi connectivity index (χ0) is 11.7. The van der Waals surface area contributed by atoms with E-state index in [1.165, 1.54) is 19.3 Å². The summed E-state index contributed by atoms with van der Waals surface area (Å²) >= 11 is 0. The van der Waals surface area contributed by atoms with Gasteiger partial charge in [0, 0.05) is 12.7 Å². The molecule has 0 bridgehead atoms. The predicted octanol–water partition coefficient (Wildman–Crippen LogP) is 3.81. The monoisotopic (exact) mass is 230 g/mol. The van der Waals surface area contributed by atoms with Crippen molar-refractivity contribution < 1.29 is 8.85 Å². The highest BCUT2D eigenvalue weighted by atomic mass is 28.4. The van der Waals surface area contributed by atoms with Crippen LogP contribution in [0.25, 0.3) is 0 Å². The molecule has 0 fully saturated rings. The van der Waals surface area contributed by atoms with Crippen LogP contribution in [0.4, 0.5) is 0 Å². The lowest BCUT2D eigenvalue weighted by molar-refractivity contribution is 0.144. The summed E-state index contributed by atoms with van der Waals surface area (Å²) in [5.74, 6) is 0. The number of hydrogen-bond acceptors (Lipinski definition) is 2. The summed E-state index contributed by atoms with van der Waals surface area (Å²) in [6.45, 7) is 13.0. The molecular weight excluding hydrogens is 204 g/mol. The Kier molecular flexibility index (Phi) is 8.01. The van der Waals surface area contributed by atoms with Crippen molar-refractivity contribution >= 4 is 8.56 Å². The normalized spacial score (nSPS) is 15.3. The molecule has 0 aromatic rings. The van der Waals surface area contributed by atoms with Crippen LogP contribution in [0.15, 0.2) is 12.3 Å². The molecule has 90 valence electrons. The van der Waals surface area contributed by atoms with Gasteiger partial charge in [-0.2, -0.15) is 0 Å². The Morgan fingerprint density at radius 1 is 1.27 bits per heavy atom. The van der Waals surface area contributed by atoms with Gasteiger partial charge in [0.15, 0.2) is 0 Å². The van der Waals surface area contributed by atoms with Gasteiger partial charge in [0.2, 0.25) is 0 Å². The van der Waals surface area contributed by atoms with E-state index in [0.717, 1.165) is 13.0 Å². The van der Waals surface area contributed by atoms with E-state index < -0.39 is 8.56 Å². The molecule has 0 saturated heterocycles. The SMILES string of the molecule is C=C[Si](C)(OCCCCCC)OC(C)C. The fourth-order valence-corrected chi connectivity index (χ4v) is 3.18. The lowest BCUT2D eigenvalue weighted by atomic mass is 10.2. The summed E-state index contributed by atoms with van der Waals surface area (Å²) in [6, 6.07) is 0. The molecule has 0 aliphatic heterocycles. The van der Waals surface area contributed by atoms with E-state index >= 15 is 0 Å². The highest BCUT2D eigenvalue weighted by molar-refractivity contribution is 6.71. The Morgan fingerprint density at radius 3 is 2.40 bits per heavy atom. The minimum absolute atomic E-state index is 0.218. The topological polar surface area (TPSA) is 18.5 Å². The van der Waals surface area contributed by atoms with E-state index in [1.54, 1.807) is 0 Å². The molecule has 0 saturated carbocycles. The number of rotatable bonds is 9. The molecule has 0 aliphatic rings. The molecule has 3 heteroatoms. The van der Waals surface area contributed by atoms with Crippen LogP contribution >= 0.6 is 0 Å². The van der Waals surface area contributed by atoms with Crippen LogP contribution in [0, 0.1) is 0 Å². The van der Waals surface area contributed by atoms with Gasteiger partial charge in [-0.15, -0.1) is 6.58 Å². The molecule has 0 aromatic carbocycles. The van der Waals surface area contributed by atoms with Crippen molar-refractivity contribution in [3.8, 4) is 0 Å². The molecular formula is C12H26O2Si. The van der Waals surface area contributed by atoms with E-state index in [9.17, 15) is 0 Å². The molecule has 0 aromatic heterocycles. The van der Waals surface area contributed by atoms with Crippen molar-refractivity contribution in [1.82, 2.24) is 0 Å². The maximum absolute atomic E-state index is 5.83. The van der Waals surface area contributed by atoms with Crippen LogP contribution in [0.2, 0.25) is 6.55 Å². The minimum Gasteiger partial charge on any atom is -0.391 e. The summed E-state index contributed by atoms with van der Waals surface area (Å²) in [4.78, 5) is 0. The first kappa shape index (κ1) is 14.9. The zero-order valence-electron chi connectivity index (χ0n) is 10.7. The summed E-state index contributed by atoms with van der Waals surface area (Å²) in [5.41, 5.74) is 1.87. The Hall–Kier alpha value is -0.123. The maximum Gasteiger partial charge on any atom is 0.361 e. The lowest BCUT2D eigenvalue weighted by Gasteiger charge is -2.25. The van der Waals surface area contributed by atoms with E-state index in [0.29, 0.717) is 0 Å². The molecule has 0 spiro atoms. The second-order valence-electron chi connectivity index (χ2n) is 4.30. The van der Waals surface area contributed by atoms with Gasteiger partial charge >= 0.3 is 8.56 Å². The number of unbranched alkanes of at least 4 members (excludes halogenated alkanes) is 3. The van der Waals surface area contributed by atoms with Crippen LogP contribution in [0.5, 0.6) is 0 Å². The van der Waals surface area contributed by atoms with Crippen molar-refractivity contribution in [3.05, 3.63) is 12.3 Å². The molecule has 0 heterocycles. The molecule has 0 amide bonds. The van der Waals surface area contributed by atoms with Gasteiger partial charge in [-0.3, -0.25) is 0 Å². The van der Waals surface area contributed by atoms with E-state index in [-0.39, 0.29) is 6.10 Å². The van der Waals surface area contributed by atoms with Gasteiger partial charge in [0.25, 0.3) is 0 Å². The molecule has 0 rings (SSSR count). The van der Waals surface area contributed by atoms with Gasteiger partial charge in [-0.05, 0) is 32.5 Å². The van der Waals surface area contributed by atoms with Gasteiger partial charge < -0.3 is 8.85 Å². The van der Waals surface area contributed by atoms with Gasteiger partial charge in [0.05, 0.1) is 0 Å². The second kappa shape index (κ2) is 8.08. The van der Waals surface area contributed by atoms with E-state index in [2.05, 4.69) is 20.0 Å². The van der Waals surface area contributed by atoms with Crippen molar-refractivity contribution in [2.45, 2.75) is 59.1 Å². The third kappa shape index (κ3) is 7.77. The van der Waals surface area contributed by atoms with Gasteiger partial charge in [-0.1, -0.05) is 26.2 Å². The second-order valence-corrected chi connectivity index (χ2v) is 7.26. The highest BCUT2D eigenvalue weighted by Crippen LogP contribution is 2.12. The Bertz CT molecular complexity index is 171. The standard InChI is InChI=1S/C12H26O2Si/c1-6-8-9-10-11-13-15(5,7-2)14-12(3)4/h7,12H,2,6,8-11H2,1,3-5H3. The van der Waals surface area contributed by atoms with E-state index in [4.69, 9.17) is 8.85 Å². The van der Waals surface area contributed by atoms with Crippen LogP contribution in [-0.4, -0.2) is 21.3 Å². The van der Waals surface area contributed by atoms with Crippen LogP contribution in [0.1, 0.15) is 46.5 Å². The predicted molar refractivity (Wildman–Crippen MR) is 68.1 cm³/mol.